The van der Waals surface area contributed by atoms with Gasteiger partial charge in [0.05, 0.1) is 0 Å². The average molecular weight is 300 g/mol. The fourth-order valence-electron chi connectivity index (χ4n) is 2.48. The van der Waals surface area contributed by atoms with Gasteiger partial charge in [0.15, 0.2) is 0 Å². The summed E-state index contributed by atoms with van der Waals surface area (Å²) in [7, 11) is 0. The Bertz CT molecular complexity index is 297. The van der Waals surface area contributed by atoms with E-state index in [9.17, 15) is 0 Å². The van der Waals surface area contributed by atoms with Crippen LogP contribution in [0.5, 0.6) is 0 Å². The lowest BCUT2D eigenvalue weighted by Gasteiger charge is -2.20. The van der Waals surface area contributed by atoms with Crippen LogP contribution in [0.2, 0.25) is 0 Å². The molecule has 0 heterocycles. The minimum atomic E-state index is 0.449. The molecule has 1 aromatic carbocycles. The van der Waals surface area contributed by atoms with E-state index in [1.54, 1.807) is 11.1 Å². The van der Waals surface area contributed by atoms with Crippen molar-refractivity contribution >= 4 is 22.6 Å². The van der Waals surface area contributed by atoms with E-state index in [0.717, 1.165) is 5.92 Å². The van der Waals surface area contributed by atoms with Crippen LogP contribution in [0.25, 0.3) is 0 Å². The summed E-state index contributed by atoms with van der Waals surface area (Å²) in [5.41, 5.74) is 3.16. The molecule has 0 radical (unpaired) electrons. The number of fused-ring (bicyclic) bond motifs is 1. The van der Waals surface area contributed by atoms with E-state index >= 15 is 0 Å². The number of hydrogen-bond acceptors (Lipinski definition) is 0. The van der Waals surface area contributed by atoms with Crippen molar-refractivity contribution in [3.05, 3.63) is 35.4 Å². The summed E-state index contributed by atoms with van der Waals surface area (Å²) in [5, 5.41) is 0. The largest absolute Gasteiger partial charge is 0.0795 e. The summed E-state index contributed by atoms with van der Waals surface area (Å²) in [6, 6.07) is 8.90. The first-order valence-corrected chi connectivity index (χ1v) is 6.38. The molecule has 0 bridgehead atoms. The van der Waals surface area contributed by atoms with E-state index in [-0.39, 0.29) is 0 Å². The molecular weight excluding hydrogens is 283 g/mol. The predicted molar refractivity (Wildman–Crippen MR) is 70.1 cm³/mol. The van der Waals surface area contributed by atoms with E-state index in [2.05, 4.69) is 60.7 Å². The van der Waals surface area contributed by atoms with Gasteiger partial charge in [-0.3, -0.25) is 0 Å². The highest BCUT2D eigenvalue weighted by Gasteiger charge is 2.26. The molecule has 1 aliphatic rings. The zero-order valence-electron chi connectivity index (χ0n) is 8.89. The molecule has 14 heavy (non-hydrogen) atoms. The number of hydrogen-bond donors (Lipinski definition) is 0. The van der Waals surface area contributed by atoms with Gasteiger partial charge in [0, 0.05) is 3.42 Å². The summed E-state index contributed by atoms with van der Waals surface area (Å²) in [6.07, 6.45) is 3.92. The fraction of sp³-hybridized carbons (Fsp3) is 0.538. The standard InChI is InChI=1S/C13H17I/c1-13(2,14)9-10-7-11-5-3-4-6-12(11)8-10/h3-6,10H,7-9H2,1-2H3. The van der Waals surface area contributed by atoms with Gasteiger partial charge in [-0.15, -0.1) is 0 Å². The Labute approximate surface area is 100 Å². The molecule has 0 saturated heterocycles. The summed E-state index contributed by atoms with van der Waals surface area (Å²) in [5.74, 6) is 0.874. The van der Waals surface area contributed by atoms with E-state index in [1.807, 2.05) is 0 Å². The smallest absolute Gasteiger partial charge is 0.0169 e. The lowest BCUT2D eigenvalue weighted by atomic mass is 9.95. The van der Waals surface area contributed by atoms with Crippen LogP contribution < -0.4 is 0 Å². The van der Waals surface area contributed by atoms with E-state index in [4.69, 9.17) is 0 Å². The van der Waals surface area contributed by atoms with Crippen LogP contribution in [0.1, 0.15) is 31.4 Å². The minimum Gasteiger partial charge on any atom is -0.0795 e. The van der Waals surface area contributed by atoms with Crippen LogP contribution in [0.3, 0.4) is 0 Å². The maximum atomic E-state index is 2.57. The third-order valence-electron chi connectivity index (χ3n) is 2.91. The highest BCUT2D eigenvalue weighted by atomic mass is 127. The van der Waals surface area contributed by atoms with Gasteiger partial charge in [-0.25, -0.2) is 0 Å². The summed E-state index contributed by atoms with van der Waals surface area (Å²) in [6.45, 7) is 4.66. The van der Waals surface area contributed by atoms with Gasteiger partial charge in [0.25, 0.3) is 0 Å². The topological polar surface area (TPSA) is 0 Å². The van der Waals surface area contributed by atoms with Crippen LogP contribution in [0.15, 0.2) is 24.3 Å². The molecule has 1 heteroatoms. The zero-order chi connectivity index (χ0) is 10.2. The van der Waals surface area contributed by atoms with Crippen molar-refractivity contribution in [2.45, 2.75) is 36.5 Å². The van der Waals surface area contributed by atoms with Crippen molar-refractivity contribution in [3.63, 3.8) is 0 Å². The highest BCUT2D eigenvalue weighted by Crippen LogP contribution is 2.35. The van der Waals surface area contributed by atoms with Crippen molar-refractivity contribution in [2.24, 2.45) is 5.92 Å². The SMILES string of the molecule is CC(C)(I)CC1Cc2ccccc2C1. The summed E-state index contributed by atoms with van der Waals surface area (Å²) in [4.78, 5) is 0. The Morgan fingerprint density at radius 3 is 2.14 bits per heavy atom. The van der Waals surface area contributed by atoms with Gasteiger partial charge in [-0.2, -0.15) is 0 Å². The van der Waals surface area contributed by atoms with Crippen molar-refractivity contribution < 1.29 is 0 Å². The van der Waals surface area contributed by atoms with Crippen molar-refractivity contribution in [2.75, 3.05) is 0 Å². The van der Waals surface area contributed by atoms with Crippen LogP contribution in [-0.4, -0.2) is 3.42 Å². The molecule has 1 aliphatic carbocycles. The molecule has 0 fully saturated rings. The Balaban J connectivity index is 2.05. The van der Waals surface area contributed by atoms with Crippen LogP contribution >= 0.6 is 22.6 Å². The maximum Gasteiger partial charge on any atom is 0.0169 e. The Morgan fingerprint density at radius 2 is 1.71 bits per heavy atom. The van der Waals surface area contributed by atoms with Crippen LogP contribution in [-0.2, 0) is 12.8 Å². The molecule has 0 amide bonds. The van der Waals surface area contributed by atoms with Gasteiger partial charge in [-0.1, -0.05) is 60.7 Å². The number of rotatable bonds is 2. The average Bonchev–Trinajstić information content (AvgIpc) is 2.42. The lowest BCUT2D eigenvalue weighted by molar-refractivity contribution is 0.466. The number of alkyl halides is 1. The molecule has 0 aromatic heterocycles. The van der Waals surface area contributed by atoms with Gasteiger partial charge >= 0.3 is 0 Å². The number of halogens is 1. The normalized spacial score (nSPS) is 17.1. The first-order chi connectivity index (χ1) is 6.54. The monoisotopic (exact) mass is 300 g/mol. The Kier molecular flexibility index (Phi) is 2.87. The van der Waals surface area contributed by atoms with E-state index < -0.39 is 0 Å². The third-order valence-corrected chi connectivity index (χ3v) is 3.35. The first-order valence-electron chi connectivity index (χ1n) is 5.30. The highest BCUT2D eigenvalue weighted by molar-refractivity contribution is 14.1. The van der Waals surface area contributed by atoms with E-state index in [1.165, 1.54) is 19.3 Å². The summed E-state index contributed by atoms with van der Waals surface area (Å²) < 4.78 is 0.449. The zero-order valence-corrected chi connectivity index (χ0v) is 11.0. The first kappa shape index (κ1) is 10.5. The van der Waals surface area contributed by atoms with Crippen molar-refractivity contribution in [1.29, 1.82) is 0 Å². The molecule has 0 saturated carbocycles. The van der Waals surface area contributed by atoms with E-state index in [0.29, 0.717) is 3.42 Å². The third kappa shape index (κ3) is 2.50. The molecule has 2 rings (SSSR count). The van der Waals surface area contributed by atoms with Gasteiger partial charge in [-0.05, 0) is 36.3 Å². The van der Waals surface area contributed by atoms with Crippen LogP contribution in [0, 0.1) is 5.92 Å². The van der Waals surface area contributed by atoms with Gasteiger partial charge in [0.2, 0.25) is 0 Å². The molecule has 1 aromatic rings. The predicted octanol–water partition coefficient (Wildman–Crippen LogP) is 4.01. The van der Waals surface area contributed by atoms with Crippen molar-refractivity contribution in [1.82, 2.24) is 0 Å². The molecule has 0 nitrogen and oxygen atoms in total. The molecule has 0 unspecified atom stereocenters. The molecule has 0 aliphatic heterocycles. The second-order valence-corrected chi connectivity index (χ2v) is 7.89. The molecule has 0 N–H and O–H groups in total. The summed E-state index contributed by atoms with van der Waals surface area (Å²) >= 11 is 2.57. The number of benzene rings is 1. The quantitative estimate of drug-likeness (QED) is 0.572. The molecule has 76 valence electrons. The molecular formula is C13H17I. The van der Waals surface area contributed by atoms with Crippen LogP contribution in [0.4, 0.5) is 0 Å². The minimum absolute atomic E-state index is 0.449. The molecule has 0 spiro atoms. The molecule has 0 atom stereocenters. The maximum absolute atomic E-state index is 2.57. The Morgan fingerprint density at radius 1 is 1.21 bits per heavy atom. The second-order valence-electron chi connectivity index (χ2n) is 4.97. The fourth-order valence-corrected chi connectivity index (χ4v) is 3.10. The van der Waals surface area contributed by atoms with Gasteiger partial charge < -0.3 is 0 Å². The lowest BCUT2D eigenvalue weighted by Crippen LogP contribution is -2.16. The van der Waals surface area contributed by atoms with Gasteiger partial charge in [0.1, 0.15) is 0 Å². The van der Waals surface area contributed by atoms with Crippen molar-refractivity contribution in [3.8, 4) is 0 Å². The second kappa shape index (κ2) is 3.84. The Hall–Kier alpha value is -0.0500.